The molecule has 1 N–H and O–H groups in total. The minimum Gasteiger partial charge on any atom is -0.493 e. The molecule has 31 heavy (non-hydrogen) atoms. The van der Waals surface area contributed by atoms with E-state index in [9.17, 15) is 14.4 Å². The SMILES string of the molecule is COc1ccc(C=CC(=O)N2CCC(n3c(=O)[nH]c4ccsc4c3=O)CC2)cc1OC. The maximum atomic E-state index is 12.7. The van der Waals surface area contributed by atoms with Crippen LogP contribution in [0.3, 0.4) is 0 Å². The Kier molecular flexibility index (Phi) is 5.94. The van der Waals surface area contributed by atoms with Crippen molar-refractivity contribution in [2.45, 2.75) is 18.9 Å². The van der Waals surface area contributed by atoms with Gasteiger partial charge in [0.2, 0.25) is 5.91 Å². The predicted molar refractivity (Wildman–Crippen MR) is 120 cm³/mol. The zero-order valence-electron chi connectivity index (χ0n) is 17.3. The van der Waals surface area contributed by atoms with Crippen LogP contribution in [0.5, 0.6) is 11.5 Å². The van der Waals surface area contributed by atoms with Crippen LogP contribution in [-0.2, 0) is 4.79 Å². The number of aromatic nitrogens is 2. The third-order valence-electron chi connectivity index (χ3n) is 5.51. The van der Waals surface area contributed by atoms with Crippen LogP contribution in [0.2, 0.25) is 0 Å². The van der Waals surface area contributed by atoms with E-state index in [0.717, 1.165) is 5.56 Å². The Hall–Kier alpha value is -3.33. The first-order valence-electron chi connectivity index (χ1n) is 9.93. The first-order chi connectivity index (χ1) is 15.0. The molecule has 3 heterocycles. The molecular weight excluding hydrogens is 418 g/mol. The number of benzene rings is 1. The Morgan fingerprint density at radius 3 is 2.58 bits per heavy atom. The average molecular weight is 442 g/mol. The highest BCUT2D eigenvalue weighted by molar-refractivity contribution is 7.17. The summed E-state index contributed by atoms with van der Waals surface area (Å²) in [5, 5.41) is 1.79. The molecule has 0 atom stereocenters. The molecular formula is C22H23N3O5S. The van der Waals surface area contributed by atoms with Crippen molar-refractivity contribution >= 4 is 33.5 Å². The highest BCUT2D eigenvalue weighted by Crippen LogP contribution is 2.28. The molecule has 1 amide bonds. The fourth-order valence-corrected chi connectivity index (χ4v) is 4.64. The van der Waals surface area contributed by atoms with Crippen LogP contribution >= 0.6 is 11.3 Å². The number of aromatic amines is 1. The maximum absolute atomic E-state index is 12.7. The molecule has 1 saturated heterocycles. The molecule has 0 aliphatic carbocycles. The summed E-state index contributed by atoms with van der Waals surface area (Å²) >= 11 is 1.32. The minimum atomic E-state index is -0.394. The average Bonchev–Trinajstić information content (AvgIpc) is 3.26. The lowest BCUT2D eigenvalue weighted by Crippen LogP contribution is -2.44. The van der Waals surface area contributed by atoms with E-state index in [1.54, 1.807) is 48.8 Å². The van der Waals surface area contributed by atoms with Crippen LogP contribution in [-0.4, -0.2) is 47.7 Å². The van der Waals surface area contributed by atoms with E-state index in [1.165, 1.54) is 22.0 Å². The van der Waals surface area contributed by atoms with Gasteiger partial charge in [-0.25, -0.2) is 4.79 Å². The van der Waals surface area contributed by atoms with Crippen LogP contribution in [0, 0.1) is 0 Å². The third-order valence-corrected chi connectivity index (χ3v) is 6.41. The number of carbonyl (C=O) groups is 1. The van der Waals surface area contributed by atoms with Crippen LogP contribution < -0.4 is 20.7 Å². The van der Waals surface area contributed by atoms with E-state index in [4.69, 9.17) is 9.47 Å². The van der Waals surface area contributed by atoms with Crippen molar-refractivity contribution in [1.29, 1.82) is 0 Å². The van der Waals surface area contributed by atoms with Crippen LogP contribution in [0.4, 0.5) is 0 Å². The number of fused-ring (bicyclic) bond motifs is 1. The normalized spacial score (nSPS) is 15.0. The summed E-state index contributed by atoms with van der Waals surface area (Å²) in [5.74, 6) is 1.11. The van der Waals surface area contributed by atoms with Gasteiger partial charge in [-0.05, 0) is 48.1 Å². The van der Waals surface area contributed by atoms with Gasteiger partial charge in [0.15, 0.2) is 11.5 Å². The molecule has 0 radical (unpaired) electrons. The number of hydrogen-bond acceptors (Lipinski definition) is 6. The van der Waals surface area contributed by atoms with E-state index >= 15 is 0 Å². The van der Waals surface area contributed by atoms with E-state index in [1.807, 2.05) is 6.07 Å². The molecule has 1 fully saturated rings. The Morgan fingerprint density at radius 1 is 1.13 bits per heavy atom. The second-order valence-corrected chi connectivity index (χ2v) is 8.19. The van der Waals surface area contributed by atoms with Crippen molar-refractivity contribution in [2.24, 2.45) is 0 Å². The van der Waals surface area contributed by atoms with Crippen molar-refractivity contribution in [1.82, 2.24) is 14.5 Å². The number of piperidine rings is 1. The Balaban J connectivity index is 1.43. The molecule has 2 aromatic heterocycles. The number of ether oxygens (including phenoxy) is 2. The Morgan fingerprint density at radius 2 is 1.87 bits per heavy atom. The number of H-pyrrole nitrogens is 1. The lowest BCUT2D eigenvalue weighted by Gasteiger charge is -2.31. The van der Waals surface area contributed by atoms with Crippen molar-refractivity contribution in [3.05, 3.63) is 62.1 Å². The number of amides is 1. The smallest absolute Gasteiger partial charge is 0.329 e. The van der Waals surface area contributed by atoms with Gasteiger partial charge in [-0.2, -0.15) is 0 Å². The van der Waals surface area contributed by atoms with Crippen molar-refractivity contribution < 1.29 is 14.3 Å². The fraction of sp³-hybridized carbons (Fsp3) is 0.318. The lowest BCUT2D eigenvalue weighted by molar-refractivity contribution is -0.127. The van der Waals surface area contributed by atoms with Gasteiger partial charge in [-0.1, -0.05) is 6.07 Å². The standard InChI is InChI=1S/C22H23N3O5S/c1-29-17-5-3-14(13-18(17)30-2)4-6-19(26)24-10-7-15(8-11-24)25-21(27)20-16(9-12-31-20)23-22(25)28/h3-6,9,12-13,15H,7-8,10-11H2,1-2H3,(H,23,28). The monoisotopic (exact) mass is 441 g/mol. The van der Waals surface area contributed by atoms with Gasteiger partial charge in [0, 0.05) is 25.2 Å². The van der Waals surface area contributed by atoms with Gasteiger partial charge < -0.3 is 19.4 Å². The first-order valence-corrected chi connectivity index (χ1v) is 10.8. The summed E-state index contributed by atoms with van der Waals surface area (Å²) in [6.07, 6.45) is 4.36. The predicted octanol–water partition coefficient (Wildman–Crippen LogP) is 2.65. The molecule has 0 unspecified atom stereocenters. The summed E-state index contributed by atoms with van der Waals surface area (Å²) in [5.41, 5.74) is 0.744. The molecule has 162 valence electrons. The molecule has 0 saturated carbocycles. The second kappa shape index (κ2) is 8.81. The van der Waals surface area contributed by atoms with Gasteiger partial charge >= 0.3 is 5.69 Å². The van der Waals surface area contributed by atoms with E-state index in [0.29, 0.717) is 47.6 Å². The molecule has 1 aliphatic rings. The summed E-state index contributed by atoms with van der Waals surface area (Å²) < 4.78 is 12.4. The molecule has 3 aromatic rings. The van der Waals surface area contributed by atoms with Gasteiger partial charge in [-0.15, -0.1) is 11.3 Å². The lowest BCUT2D eigenvalue weighted by atomic mass is 10.0. The van der Waals surface area contributed by atoms with Crippen molar-refractivity contribution in [3.63, 3.8) is 0 Å². The molecule has 1 aromatic carbocycles. The molecule has 9 heteroatoms. The van der Waals surface area contributed by atoms with Crippen molar-refractivity contribution in [3.8, 4) is 11.5 Å². The number of nitrogens with zero attached hydrogens (tertiary/aromatic N) is 2. The van der Waals surface area contributed by atoms with E-state index in [-0.39, 0.29) is 17.5 Å². The zero-order chi connectivity index (χ0) is 22.0. The van der Waals surface area contributed by atoms with E-state index in [2.05, 4.69) is 4.98 Å². The van der Waals surface area contributed by atoms with Gasteiger partial charge in [0.05, 0.1) is 19.7 Å². The highest BCUT2D eigenvalue weighted by Gasteiger charge is 2.25. The van der Waals surface area contributed by atoms with Crippen LogP contribution in [0.25, 0.3) is 16.3 Å². The Labute approximate surface area is 182 Å². The largest absolute Gasteiger partial charge is 0.493 e. The van der Waals surface area contributed by atoms with Gasteiger partial charge in [-0.3, -0.25) is 14.2 Å². The minimum absolute atomic E-state index is 0.108. The maximum Gasteiger partial charge on any atom is 0.329 e. The fourth-order valence-electron chi connectivity index (χ4n) is 3.86. The number of rotatable bonds is 5. The zero-order valence-corrected chi connectivity index (χ0v) is 18.1. The second-order valence-electron chi connectivity index (χ2n) is 7.27. The number of thiophene rings is 1. The molecule has 0 bridgehead atoms. The van der Waals surface area contributed by atoms with Crippen molar-refractivity contribution in [2.75, 3.05) is 27.3 Å². The summed E-state index contributed by atoms with van der Waals surface area (Å²) in [6, 6.07) is 6.94. The number of carbonyl (C=O) groups excluding carboxylic acids is 1. The number of nitrogens with one attached hydrogen (secondary N) is 1. The highest BCUT2D eigenvalue weighted by atomic mass is 32.1. The summed E-state index contributed by atoms with van der Waals surface area (Å²) in [6.45, 7) is 0.961. The number of likely N-dealkylation sites (tertiary alicyclic amines) is 1. The first kappa shape index (κ1) is 20.9. The molecule has 4 rings (SSSR count). The molecule has 8 nitrogen and oxygen atoms in total. The number of methoxy groups -OCH3 is 2. The van der Waals surface area contributed by atoms with Crippen LogP contribution in [0.1, 0.15) is 24.4 Å². The van der Waals surface area contributed by atoms with E-state index < -0.39 is 5.69 Å². The summed E-state index contributed by atoms with van der Waals surface area (Å²) in [7, 11) is 3.13. The van der Waals surface area contributed by atoms with Gasteiger partial charge in [0.1, 0.15) is 4.70 Å². The molecule has 0 spiro atoms. The topological polar surface area (TPSA) is 93.6 Å². The quantitative estimate of drug-likeness (QED) is 0.615. The summed E-state index contributed by atoms with van der Waals surface area (Å²) in [4.78, 5) is 42.3. The third kappa shape index (κ3) is 4.13. The van der Waals surface area contributed by atoms with Gasteiger partial charge in [0.25, 0.3) is 5.56 Å². The Bertz CT molecular complexity index is 1250. The molecule has 1 aliphatic heterocycles. The van der Waals surface area contributed by atoms with Crippen LogP contribution in [0.15, 0.2) is 45.3 Å². The number of hydrogen-bond donors (Lipinski definition) is 1.